The van der Waals surface area contributed by atoms with E-state index in [1.807, 2.05) is 0 Å². The normalized spacial score (nSPS) is 17.5. The van der Waals surface area contributed by atoms with E-state index in [1.54, 1.807) is 0 Å². The Morgan fingerprint density at radius 2 is 0.912 bits per heavy atom. The Morgan fingerprint density at radius 3 is 1.35 bits per heavy atom. The van der Waals surface area contributed by atoms with Crippen LogP contribution in [0.25, 0.3) is 21.5 Å². The second-order valence-electron chi connectivity index (χ2n) is 23.4. The molecule has 68 heavy (non-hydrogen) atoms. The van der Waals surface area contributed by atoms with Gasteiger partial charge in [0.15, 0.2) is 0 Å². The third kappa shape index (κ3) is 9.97. The molecule has 2 nitrogen and oxygen atoms in total. The van der Waals surface area contributed by atoms with Gasteiger partial charge in [-0.1, -0.05) is 193 Å². The highest BCUT2D eigenvalue weighted by Crippen LogP contribution is 2.53. The lowest BCUT2D eigenvalue weighted by molar-refractivity contribution is 0.353. The lowest BCUT2D eigenvalue weighted by Gasteiger charge is -2.34. The van der Waals surface area contributed by atoms with Gasteiger partial charge in [-0.3, -0.25) is 0 Å². The fourth-order valence-electron chi connectivity index (χ4n) is 11.3. The zero-order chi connectivity index (χ0) is 47.7. The van der Waals surface area contributed by atoms with E-state index in [9.17, 15) is 0 Å². The van der Waals surface area contributed by atoms with Gasteiger partial charge in [0, 0.05) is 50.6 Å². The smallest absolute Gasteiger partial charge is 0.0620 e. The summed E-state index contributed by atoms with van der Waals surface area (Å²) in [4.78, 5) is 5.18. The van der Waals surface area contributed by atoms with E-state index in [2.05, 4.69) is 218 Å². The van der Waals surface area contributed by atoms with Crippen molar-refractivity contribution in [1.82, 2.24) is 0 Å². The molecule has 352 valence electrons. The number of allylic oxidation sites excluding steroid dienone is 3. The van der Waals surface area contributed by atoms with Crippen molar-refractivity contribution in [2.24, 2.45) is 11.3 Å². The quantitative estimate of drug-likeness (QED) is 0.0585. The Labute approximate surface area is 410 Å². The molecule has 6 aromatic carbocycles. The molecule has 1 unspecified atom stereocenters. The van der Waals surface area contributed by atoms with E-state index in [0.717, 1.165) is 11.4 Å². The van der Waals surface area contributed by atoms with Crippen molar-refractivity contribution in [2.75, 3.05) is 9.80 Å². The molecule has 0 aliphatic heterocycles. The molecule has 3 aliphatic rings. The minimum atomic E-state index is 0.0165. The van der Waals surface area contributed by atoms with Gasteiger partial charge in [-0.15, -0.1) is 0 Å². The van der Waals surface area contributed by atoms with Crippen LogP contribution in [0.15, 0.2) is 133 Å². The van der Waals surface area contributed by atoms with Crippen LogP contribution in [-0.2, 0) is 5.41 Å². The van der Waals surface area contributed by atoms with E-state index < -0.39 is 0 Å². The zero-order valence-corrected chi connectivity index (χ0v) is 43.2. The average molecular weight is 899 g/mol. The van der Waals surface area contributed by atoms with Crippen LogP contribution in [-0.4, -0.2) is 0 Å². The van der Waals surface area contributed by atoms with Crippen molar-refractivity contribution in [1.29, 1.82) is 0 Å². The maximum Gasteiger partial charge on any atom is 0.0620 e. The summed E-state index contributed by atoms with van der Waals surface area (Å²) in [6.07, 6.45) is 21.1. The van der Waals surface area contributed by atoms with E-state index in [1.165, 1.54) is 143 Å². The second kappa shape index (κ2) is 19.8. The number of rotatable bonds is 10. The molecular formula is C66H78N2. The lowest BCUT2D eigenvalue weighted by atomic mass is 9.81. The molecule has 0 amide bonds. The van der Waals surface area contributed by atoms with Gasteiger partial charge in [-0.2, -0.15) is 0 Å². The molecule has 9 rings (SSSR count). The van der Waals surface area contributed by atoms with Crippen molar-refractivity contribution in [3.05, 3.63) is 161 Å². The van der Waals surface area contributed by atoms with E-state index in [-0.39, 0.29) is 16.7 Å². The molecule has 0 saturated heterocycles. The molecule has 3 aliphatic carbocycles. The molecule has 2 fully saturated rings. The van der Waals surface area contributed by atoms with Gasteiger partial charge in [-0.25, -0.2) is 0 Å². The van der Waals surface area contributed by atoms with E-state index >= 15 is 0 Å². The van der Waals surface area contributed by atoms with Crippen molar-refractivity contribution in [3.63, 3.8) is 0 Å². The van der Waals surface area contributed by atoms with Gasteiger partial charge in [0.25, 0.3) is 0 Å². The van der Waals surface area contributed by atoms with E-state index in [4.69, 9.17) is 0 Å². The Kier molecular flexibility index (Phi) is 13.9. The molecule has 1 atom stereocenters. The summed E-state index contributed by atoms with van der Waals surface area (Å²) in [5, 5.41) is 5.14. The molecule has 6 aromatic rings. The summed E-state index contributed by atoms with van der Waals surface area (Å²) in [6, 6.07) is 43.6. The minimum Gasteiger partial charge on any atom is -0.309 e. The fourth-order valence-corrected chi connectivity index (χ4v) is 11.3. The van der Waals surface area contributed by atoms with Crippen LogP contribution < -0.4 is 9.80 Å². The molecule has 0 heterocycles. The summed E-state index contributed by atoms with van der Waals surface area (Å²) < 4.78 is 0. The van der Waals surface area contributed by atoms with Crippen LogP contribution >= 0.6 is 0 Å². The standard InChI is InChI=1S/C66H78N2/c1-45(2)47-25-34-56(35-26-47)67(55-24-18-23-53(31-38-55)65(5,6)7)63-59-41-29-52(50-21-16-13-17-22-50)44-62(59)64(60-42-30-51(43-61(60)63)49-19-14-11-12-15-20-49)68(57-36-27-48(28-37-57)46(3)4)58-39-32-54(33-40-58)66(8,9)10/h24-46,49-50,53H,11-17,19-22H2,1-10H3. The number of hydrogen-bond acceptors (Lipinski definition) is 2. The molecular weight excluding hydrogens is 821 g/mol. The van der Waals surface area contributed by atoms with E-state index in [0.29, 0.717) is 23.7 Å². The van der Waals surface area contributed by atoms with Crippen molar-refractivity contribution in [3.8, 4) is 11.8 Å². The maximum absolute atomic E-state index is 3.65. The third-order valence-electron chi connectivity index (χ3n) is 15.7. The highest BCUT2D eigenvalue weighted by Gasteiger charge is 2.30. The lowest BCUT2D eigenvalue weighted by Crippen LogP contribution is -2.19. The van der Waals surface area contributed by atoms with Gasteiger partial charge < -0.3 is 9.80 Å². The molecule has 2 saturated carbocycles. The van der Waals surface area contributed by atoms with Gasteiger partial charge in [0.2, 0.25) is 0 Å². The predicted octanol–water partition coefficient (Wildman–Crippen LogP) is 19.8. The fraction of sp³-hybridized carbons (Fsp3) is 0.424. The van der Waals surface area contributed by atoms with Crippen molar-refractivity contribution in [2.45, 2.75) is 169 Å². The first kappa shape index (κ1) is 47.5. The first-order chi connectivity index (χ1) is 32.7. The Bertz CT molecular complexity index is 2830. The summed E-state index contributed by atoms with van der Waals surface area (Å²) in [5.74, 6) is 9.36. The van der Waals surface area contributed by atoms with Gasteiger partial charge >= 0.3 is 0 Å². The summed E-state index contributed by atoms with van der Waals surface area (Å²) >= 11 is 0. The Hall–Kier alpha value is -5.52. The molecule has 0 N–H and O–H groups in total. The Balaban J connectivity index is 1.41. The van der Waals surface area contributed by atoms with Crippen LogP contribution in [0, 0.1) is 23.2 Å². The molecule has 0 aromatic heterocycles. The van der Waals surface area contributed by atoms with Crippen LogP contribution in [0.3, 0.4) is 0 Å². The number of benzene rings is 6. The highest BCUT2D eigenvalue weighted by molar-refractivity contribution is 6.23. The molecule has 2 heteroatoms. The zero-order valence-electron chi connectivity index (χ0n) is 43.2. The monoisotopic (exact) mass is 899 g/mol. The van der Waals surface area contributed by atoms with Crippen LogP contribution in [0.4, 0.5) is 28.4 Å². The number of anilines is 5. The summed E-state index contributed by atoms with van der Waals surface area (Å²) in [6.45, 7) is 23.1. The SMILES string of the molecule is CC(C)c1ccc(N(C2=CC#CC(C(C)(C)C)C=C2)c2c3cc(C4CCCCCC4)ccc3c(N(c3ccc(C(C)C)cc3)c3ccc(C(C)(C)C)cc3)c3cc(C4CCCCC4)ccc23)cc1. The maximum atomic E-state index is 3.65. The first-order valence-electron chi connectivity index (χ1n) is 26.5. The Morgan fingerprint density at radius 1 is 0.485 bits per heavy atom. The van der Waals surface area contributed by atoms with Gasteiger partial charge in [0.1, 0.15) is 0 Å². The molecule has 0 bridgehead atoms. The van der Waals surface area contributed by atoms with Gasteiger partial charge in [-0.05, 0) is 143 Å². The summed E-state index contributed by atoms with van der Waals surface area (Å²) in [5.41, 5.74) is 14.2. The summed E-state index contributed by atoms with van der Waals surface area (Å²) in [7, 11) is 0. The minimum absolute atomic E-state index is 0.0165. The number of nitrogens with zero attached hydrogens (tertiary/aromatic N) is 2. The van der Waals surface area contributed by atoms with Crippen LogP contribution in [0.2, 0.25) is 0 Å². The van der Waals surface area contributed by atoms with Crippen molar-refractivity contribution >= 4 is 50.0 Å². The van der Waals surface area contributed by atoms with Crippen molar-refractivity contribution < 1.29 is 0 Å². The number of fused-ring (bicyclic) bond motifs is 2. The van der Waals surface area contributed by atoms with Gasteiger partial charge in [0.05, 0.1) is 17.1 Å². The molecule has 0 radical (unpaired) electrons. The largest absolute Gasteiger partial charge is 0.309 e. The van der Waals surface area contributed by atoms with Crippen LogP contribution in [0.5, 0.6) is 0 Å². The predicted molar refractivity (Wildman–Crippen MR) is 296 cm³/mol. The average Bonchev–Trinajstić information content (AvgIpc) is 3.77. The first-order valence-corrected chi connectivity index (χ1v) is 26.5. The topological polar surface area (TPSA) is 6.48 Å². The second-order valence-corrected chi connectivity index (χ2v) is 23.4. The third-order valence-corrected chi connectivity index (χ3v) is 15.7. The van der Waals surface area contributed by atoms with Crippen LogP contribution in [0.1, 0.15) is 191 Å². The molecule has 0 spiro atoms. The number of hydrogen-bond donors (Lipinski definition) is 0. The highest BCUT2D eigenvalue weighted by atomic mass is 15.2.